The van der Waals surface area contributed by atoms with Crippen LogP contribution in [0.4, 0.5) is 0 Å². The van der Waals surface area contributed by atoms with Gasteiger partial charge in [-0.2, -0.15) is 5.26 Å². The predicted octanol–water partition coefficient (Wildman–Crippen LogP) is 3.56. The Kier molecular flexibility index (Phi) is 3.89. The Bertz CT molecular complexity index is 688. The Morgan fingerprint density at radius 1 is 1.29 bits per heavy atom. The van der Waals surface area contributed by atoms with Crippen LogP contribution in [0, 0.1) is 18.3 Å². The summed E-state index contributed by atoms with van der Waals surface area (Å²) in [5.41, 5.74) is 4.18. The zero-order valence-electron chi connectivity index (χ0n) is 12.0. The molecule has 0 bridgehead atoms. The smallest absolute Gasteiger partial charge is 0.123 e. The first kappa shape index (κ1) is 13.7. The molecule has 2 aromatic carbocycles. The maximum absolute atomic E-state index is 8.97. The summed E-state index contributed by atoms with van der Waals surface area (Å²) in [7, 11) is 0. The summed E-state index contributed by atoms with van der Waals surface area (Å²) in [4.78, 5) is 0. The molecule has 1 unspecified atom stereocenters. The van der Waals surface area contributed by atoms with Crippen molar-refractivity contribution in [1.29, 1.82) is 5.26 Å². The van der Waals surface area contributed by atoms with Crippen LogP contribution in [-0.2, 0) is 11.2 Å². The maximum Gasteiger partial charge on any atom is 0.123 e. The summed E-state index contributed by atoms with van der Waals surface area (Å²) in [5.74, 6) is 0.751. The number of hydrogen-bond acceptors (Lipinski definition) is 3. The van der Waals surface area contributed by atoms with Gasteiger partial charge in [-0.1, -0.05) is 30.3 Å². The number of fused-ring (bicyclic) bond motifs is 1. The lowest BCUT2D eigenvalue weighted by Crippen LogP contribution is -2.21. The third-order valence-corrected chi connectivity index (χ3v) is 3.80. The number of nitrogens with zero attached hydrogens (tertiary/aromatic N) is 1. The first-order valence-corrected chi connectivity index (χ1v) is 7.11. The molecule has 1 aliphatic heterocycles. The summed E-state index contributed by atoms with van der Waals surface area (Å²) in [5, 5.41) is 8.97. The first-order chi connectivity index (χ1) is 10.3. The highest BCUT2D eigenvalue weighted by Crippen LogP contribution is 2.28. The minimum Gasteiger partial charge on any atom is -0.490 e. The number of aryl methyl sites for hydroxylation is 1. The van der Waals surface area contributed by atoms with Gasteiger partial charge in [-0.15, -0.1) is 0 Å². The first-order valence-electron chi connectivity index (χ1n) is 7.11. The van der Waals surface area contributed by atoms with Crippen molar-refractivity contribution in [2.45, 2.75) is 19.4 Å². The molecule has 21 heavy (non-hydrogen) atoms. The fourth-order valence-corrected chi connectivity index (χ4v) is 2.61. The predicted molar refractivity (Wildman–Crippen MR) is 80.2 cm³/mol. The lowest BCUT2D eigenvalue weighted by Gasteiger charge is -2.26. The monoisotopic (exact) mass is 279 g/mol. The van der Waals surface area contributed by atoms with Crippen molar-refractivity contribution in [2.24, 2.45) is 0 Å². The van der Waals surface area contributed by atoms with Crippen molar-refractivity contribution in [3.63, 3.8) is 0 Å². The van der Waals surface area contributed by atoms with E-state index >= 15 is 0 Å². The zero-order valence-corrected chi connectivity index (χ0v) is 12.0. The van der Waals surface area contributed by atoms with Crippen LogP contribution in [0.15, 0.2) is 42.5 Å². The number of hydrogen-bond donors (Lipinski definition) is 0. The third-order valence-electron chi connectivity index (χ3n) is 3.80. The molecule has 0 amide bonds. The van der Waals surface area contributed by atoms with Crippen molar-refractivity contribution < 1.29 is 9.47 Å². The topological polar surface area (TPSA) is 42.2 Å². The molecule has 0 aromatic heterocycles. The van der Waals surface area contributed by atoms with Crippen LogP contribution in [0.2, 0.25) is 0 Å². The van der Waals surface area contributed by atoms with E-state index < -0.39 is 0 Å². The highest BCUT2D eigenvalue weighted by Gasteiger charge is 2.21. The van der Waals surface area contributed by atoms with Crippen molar-refractivity contribution >= 4 is 0 Å². The van der Waals surface area contributed by atoms with Crippen molar-refractivity contribution in [3.05, 3.63) is 64.7 Å². The normalized spacial score (nSPS) is 16.9. The SMILES string of the molecule is Cc1ccc(C#N)cc1OCC1OCCc2ccccc21. The Morgan fingerprint density at radius 2 is 2.14 bits per heavy atom. The summed E-state index contributed by atoms with van der Waals surface area (Å²) in [6, 6.07) is 16.0. The Labute approximate surface area is 124 Å². The molecule has 0 saturated heterocycles. The van der Waals surface area contributed by atoms with Crippen LogP contribution in [0.1, 0.15) is 28.4 Å². The molecule has 0 aliphatic carbocycles. The molecule has 0 spiro atoms. The minimum absolute atomic E-state index is 0.0416. The van der Waals surface area contributed by atoms with Crippen LogP contribution >= 0.6 is 0 Å². The molecule has 106 valence electrons. The van der Waals surface area contributed by atoms with E-state index in [2.05, 4.69) is 24.3 Å². The van der Waals surface area contributed by atoms with Crippen LogP contribution < -0.4 is 4.74 Å². The van der Waals surface area contributed by atoms with Gasteiger partial charge in [-0.05, 0) is 42.2 Å². The van der Waals surface area contributed by atoms with E-state index in [4.69, 9.17) is 14.7 Å². The molecule has 2 aromatic rings. The molecule has 1 heterocycles. The highest BCUT2D eigenvalue weighted by molar-refractivity contribution is 5.42. The molecule has 0 saturated carbocycles. The van der Waals surface area contributed by atoms with E-state index in [1.807, 2.05) is 19.1 Å². The maximum atomic E-state index is 8.97. The molecule has 0 N–H and O–H groups in total. The van der Waals surface area contributed by atoms with Crippen molar-refractivity contribution in [1.82, 2.24) is 0 Å². The van der Waals surface area contributed by atoms with Gasteiger partial charge in [-0.3, -0.25) is 0 Å². The summed E-state index contributed by atoms with van der Waals surface area (Å²) in [6.07, 6.45) is 0.912. The number of benzene rings is 2. The highest BCUT2D eigenvalue weighted by atomic mass is 16.5. The van der Waals surface area contributed by atoms with Gasteiger partial charge in [0.1, 0.15) is 18.5 Å². The molecule has 3 nitrogen and oxygen atoms in total. The van der Waals surface area contributed by atoms with Crippen LogP contribution in [0.25, 0.3) is 0 Å². The van der Waals surface area contributed by atoms with E-state index in [0.29, 0.717) is 12.2 Å². The lowest BCUT2D eigenvalue weighted by molar-refractivity contribution is 0.0100. The Balaban J connectivity index is 1.76. The lowest BCUT2D eigenvalue weighted by atomic mass is 9.98. The second-order valence-corrected chi connectivity index (χ2v) is 5.21. The van der Waals surface area contributed by atoms with Crippen molar-refractivity contribution in [3.8, 4) is 11.8 Å². The second kappa shape index (κ2) is 5.99. The molecule has 3 rings (SSSR count). The molecular formula is C18H17NO2. The van der Waals surface area contributed by atoms with Gasteiger partial charge in [-0.25, -0.2) is 0 Å². The fraction of sp³-hybridized carbons (Fsp3) is 0.278. The standard InChI is InChI=1S/C18H17NO2/c1-13-6-7-14(11-19)10-17(13)21-12-18-16-5-3-2-4-15(16)8-9-20-18/h2-7,10,18H,8-9,12H2,1H3. The van der Waals surface area contributed by atoms with E-state index in [9.17, 15) is 0 Å². The third kappa shape index (κ3) is 2.91. The molecule has 1 atom stereocenters. The summed E-state index contributed by atoms with van der Waals surface area (Å²) >= 11 is 0. The molecule has 0 fully saturated rings. The zero-order chi connectivity index (χ0) is 14.7. The number of rotatable bonds is 3. The van der Waals surface area contributed by atoms with Crippen LogP contribution in [-0.4, -0.2) is 13.2 Å². The largest absolute Gasteiger partial charge is 0.490 e. The summed E-state index contributed by atoms with van der Waals surface area (Å²) in [6.45, 7) is 3.17. The Hall–Kier alpha value is -2.31. The van der Waals surface area contributed by atoms with Gasteiger partial charge < -0.3 is 9.47 Å². The van der Waals surface area contributed by atoms with E-state index in [1.165, 1.54) is 11.1 Å². The molecule has 1 aliphatic rings. The Morgan fingerprint density at radius 3 is 3.00 bits per heavy atom. The van der Waals surface area contributed by atoms with Crippen LogP contribution in [0.5, 0.6) is 5.75 Å². The van der Waals surface area contributed by atoms with Gasteiger partial charge in [0.25, 0.3) is 0 Å². The minimum atomic E-state index is -0.0416. The van der Waals surface area contributed by atoms with E-state index in [-0.39, 0.29) is 6.10 Å². The van der Waals surface area contributed by atoms with Gasteiger partial charge in [0.05, 0.1) is 18.2 Å². The fourth-order valence-electron chi connectivity index (χ4n) is 2.61. The van der Waals surface area contributed by atoms with Gasteiger partial charge in [0, 0.05) is 0 Å². The van der Waals surface area contributed by atoms with Crippen molar-refractivity contribution in [2.75, 3.05) is 13.2 Å². The van der Waals surface area contributed by atoms with Gasteiger partial charge >= 0.3 is 0 Å². The molecule has 3 heteroatoms. The molecule has 0 radical (unpaired) electrons. The quantitative estimate of drug-likeness (QED) is 0.862. The summed E-state index contributed by atoms with van der Waals surface area (Å²) < 4.78 is 11.7. The van der Waals surface area contributed by atoms with E-state index in [0.717, 1.165) is 24.3 Å². The molecular weight excluding hydrogens is 262 g/mol. The van der Waals surface area contributed by atoms with E-state index in [1.54, 1.807) is 12.1 Å². The number of ether oxygens (including phenoxy) is 2. The average Bonchev–Trinajstić information content (AvgIpc) is 2.54. The van der Waals surface area contributed by atoms with Gasteiger partial charge in [0.2, 0.25) is 0 Å². The average molecular weight is 279 g/mol. The number of nitriles is 1. The van der Waals surface area contributed by atoms with Crippen LogP contribution in [0.3, 0.4) is 0 Å². The second-order valence-electron chi connectivity index (χ2n) is 5.21. The van der Waals surface area contributed by atoms with Gasteiger partial charge in [0.15, 0.2) is 0 Å².